The smallest absolute Gasteiger partial charge is 0.309 e. The van der Waals surface area contributed by atoms with Gasteiger partial charge in [-0.1, -0.05) is 0 Å². The van der Waals surface area contributed by atoms with Crippen LogP contribution in [0.2, 0.25) is 0 Å². The number of anilines is 1. The Morgan fingerprint density at radius 2 is 2.05 bits per heavy atom. The summed E-state index contributed by atoms with van der Waals surface area (Å²) in [5.74, 6) is 0.0824. The van der Waals surface area contributed by atoms with Gasteiger partial charge in [-0.25, -0.2) is 9.69 Å². The minimum Gasteiger partial charge on any atom is -0.309 e. The average molecular weight is 301 g/mol. The molecule has 2 bridgehead atoms. The quantitative estimate of drug-likeness (QED) is 0.476. The van der Waals surface area contributed by atoms with Crippen LogP contribution < -0.4 is 4.90 Å². The third-order valence-corrected chi connectivity index (χ3v) is 5.10. The molecule has 7 heteroatoms. The maximum Gasteiger partial charge on any atom is 0.332 e. The number of carbonyl (C=O) groups is 2. The van der Waals surface area contributed by atoms with Gasteiger partial charge >= 0.3 is 6.03 Å². The first-order valence-corrected chi connectivity index (χ1v) is 7.40. The van der Waals surface area contributed by atoms with Crippen molar-refractivity contribution < 1.29 is 14.5 Å². The second-order valence-corrected chi connectivity index (χ2v) is 6.26. The molecule has 0 unspecified atom stereocenters. The number of fused-ring (bicyclic) bond motifs is 5. The normalized spacial score (nSPS) is 29.4. The van der Waals surface area contributed by atoms with E-state index in [4.69, 9.17) is 0 Å². The summed E-state index contributed by atoms with van der Waals surface area (Å²) in [5.41, 5.74) is 0.972. The molecule has 4 rings (SSSR count). The fourth-order valence-electron chi connectivity index (χ4n) is 4.15. The molecule has 3 fully saturated rings. The molecule has 1 aromatic rings. The highest BCUT2D eigenvalue weighted by Crippen LogP contribution is 2.47. The van der Waals surface area contributed by atoms with Gasteiger partial charge in [-0.15, -0.1) is 0 Å². The molecule has 7 nitrogen and oxygen atoms in total. The van der Waals surface area contributed by atoms with E-state index in [9.17, 15) is 19.7 Å². The number of urea groups is 1. The topological polar surface area (TPSA) is 83.8 Å². The van der Waals surface area contributed by atoms with Crippen molar-refractivity contribution in [3.8, 4) is 0 Å². The number of nitrogens with zero attached hydrogens (tertiary/aromatic N) is 3. The number of piperidine rings is 1. The molecule has 1 aliphatic carbocycles. The molecule has 1 aromatic carbocycles. The number of rotatable bonds is 2. The van der Waals surface area contributed by atoms with E-state index in [1.54, 1.807) is 11.8 Å². The predicted octanol–water partition coefficient (Wildman–Crippen LogP) is 2.22. The van der Waals surface area contributed by atoms with Crippen LogP contribution in [0.15, 0.2) is 18.2 Å². The number of nitro benzene ring substituents is 1. The molecule has 0 aromatic heterocycles. The van der Waals surface area contributed by atoms with Gasteiger partial charge in [0.25, 0.3) is 11.6 Å². The number of non-ortho nitro benzene ring substituents is 1. The van der Waals surface area contributed by atoms with Crippen molar-refractivity contribution in [1.29, 1.82) is 0 Å². The molecule has 114 valence electrons. The van der Waals surface area contributed by atoms with Gasteiger partial charge < -0.3 is 4.90 Å². The summed E-state index contributed by atoms with van der Waals surface area (Å²) in [6.07, 6.45) is 2.89. The Hall–Kier alpha value is -2.44. The molecule has 0 radical (unpaired) electrons. The van der Waals surface area contributed by atoms with Gasteiger partial charge in [-0.3, -0.25) is 14.9 Å². The molecule has 3 aliphatic rings. The molecular weight excluding hydrogens is 286 g/mol. The highest BCUT2D eigenvalue weighted by atomic mass is 16.6. The van der Waals surface area contributed by atoms with Crippen molar-refractivity contribution in [2.45, 2.75) is 38.3 Å². The van der Waals surface area contributed by atoms with Crippen LogP contribution in [0.1, 0.15) is 24.8 Å². The maximum atomic E-state index is 12.7. The minimum absolute atomic E-state index is 0.0408. The van der Waals surface area contributed by atoms with Crippen molar-refractivity contribution in [2.75, 3.05) is 4.90 Å². The third kappa shape index (κ3) is 1.56. The summed E-state index contributed by atoms with van der Waals surface area (Å²) in [6.45, 7) is 1.68. The van der Waals surface area contributed by atoms with Crippen LogP contribution in [0.25, 0.3) is 0 Å². The number of nitro groups is 1. The number of amides is 3. The lowest BCUT2D eigenvalue weighted by molar-refractivity contribution is -0.384. The van der Waals surface area contributed by atoms with Gasteiger partial charge in [0, 0.05) is 18.2 Å². The number of carbonyl (C=O) groups excluding carboxylic acids is 2. The van der Waals surface area contributed by atoms with E-state index in [1.807, 2.05) is 0 Å². The summed E-state index contributed by atoms with van der Waals surface area (Å²) in [5, 5.41) is 10.8. The van der Waals surface area contributed by atoms with Crippen LogP contribution in [0.4, 0.5) is 16.2 Å². The van der Waals surface area contributed by atoms with Crippen LogP contribution in [0.3, 0.4) is 0 Å². The molecule has 3 amide bonds. The first-order chi connectivity index (χ1) is 10.5. The van der Waals surface area contributed by atoms with E-state index in [1.165, 1.54) is 23.1 Å². The van der Waals surface area contributed by atoms with Crippen molar-refractivity contribution in [3.05, 3.63) is 33.9 Å². The lowest BCUT2D eigenvalue weighted by Gasteiger charge is -2.25. The number of hydrogen-bond acceptors (Lipinski definition) is 4. The minimum atomic E-state index is -0.483. The van der Waals surface area contributed by atoms with E-state index in [0.717, 1.165) is 19.3 Å². The molecule has 2 heterocycles. The number of aryl methyl sites for hydroxylation is 1. The summed E-state index contributed by atoms with van der Waals surface area (Å²) in [7, 11) is 0. The summed E-state index contributed by atoms with van der Waals surface area (Å²) in [4.78, 5) is 38.6. The fraction of sp³-hybridized carbons (Fsp3) is 0.467. The van der Waals surface area contributed by atoms with Crippen molar-refractivity contribution >= 4 is 23.3 Å². The van der Waals surface area contributed by atoms with Gasteiger partial charge in [0.2, 0.25) is 0 Å². The Bertz CT molecular complexity index is 689. The van der Waals surface area contributed by atoms with Crippen LogP contribution in [0, 0.1) is 23.0 Å². The van der Waals surface area contributed by atoms with Gasteiger partial charge in [-0.05, 0) is 43.7 Å². The maximum absolute atomic E-state index is 12.7. The van der Waals surface area contributed by atoms with Crippen LogP contribution in [-0.4, -0.2) is 33.8 Å². The predicted molar refractivity (Wildman–Crippen MR) is 77.5 cm³/mol. The Kier molecular flexibility index (Phi) is 2.58. The first-order valence-electron chi connectivity index (χ1n) is 7.40. The second kappa shape index (κ2) is 4.28. The Morgan fingerprint density at radius 3 is 2.68 bits per heavy atom. The highest BCUT2D eigenvalue weighted by molar-refractivity contribution is 6.22. The summed E-state index contributed by atoms with van der Waals surface area (Å²) >= 11 is 0. The zero-order valence-electron chi connectivity index (χ0n) is 12.1. The SMILES string of the molecule is Cc1cc([N+](=O)[O-])ccc1N1C(=O)[C@@H]2[C@@H]3CC[C@@H](C3)N2C1=O. The number of benzene rings is 1. The first kappa shape index (κ1) is 13.2. The van der Waals surface area contributed by atoms with Gasteiger partial charge in [-0.2, -0.15) is 0 Å². The van der Waals surface area contributed by atoms with E-state index in [-0.39, 0.29) is 35.6 Å². The zero-order valence-corrected chi connectivity index (χ0v) is 12.1. The fourth-order valence-corrected chi connectivity index (χ4v) is 4.15. The number of imide groups is 1. The monoisotopic (exact) mass is 301 g/mol. The molecule has 0 spiro atoms. The highest BCUT2D eigenvalue weighted by Gasteiger charge is 2.59. The second-order valence-electron chi connectivity index (χ2n) is 6.26. The summed E-state index contributed by atoms with van der Waals surface area (Å²) in [6, 6.07) is 3.79. The molecule has 2 saturated heterocycles. The third-order valence-electron chi connectivity index (χ3n) is 5.10. The molecule has 2 aliphatic heterocycles. The standard InChI is InChI=1S/C15H15N3O4/c1-8-6-11(18(21)22)4-5-12(8)17-14(19)13-9-2-3-10(7-9)16(13)15(17)20/h4-6,9-10,13H,2-3,7H2,1H3/t9-,10+,13+/m1/s1. The van der Waals surface area contributed by atoms with Crippen LogP contribution in [0.5, 0.6) is 0 Å². The molecule has 3 atom stereocenters. The van der Waals surface area contributed by atoms with Crippen LogP contribution in [-0.2, 0) is 4.79 Å². The van der Waals surface area contributed by atoms with Crippen LogP contribution >= 0.6 is 0 Å². The largest absolute Gasteiger partial charge is 0.332 e. The van der Waals surface area contributed by atoms with Crippen molar-refractivity contribution in [2.24, 2.45) is 5.92 Å². The molecule has 22 heavy (non-hydrogen) atoms. The van der Waals surface area contributed by atoms with E-state index in [2.05, 4.69) is 0 Å². The molecule has 0 N–H and O–H groups in total. The van der Waals surface area contributed by atoms with Gasteiger partial charge in [0.15, 0.2) is 0 Å². The van der Waals surface area contributed by atoms with Gasteiger partial charge in [0.05, 0.1) is 10.6 Å². The van der Waals surface area contributed by atoms with Gasteiger partial charge in [0.1, 0.15) is 6.04 Å². The van der Waals surface area contributed by atoms with E-state index in [0.29, 0.717) is 11.3 Å². The molecular formula is C15H15N3O4. The lowest BCUT2D eigenvalue weighted by atomic mass is 9.99. The summed E-state index contributed by atoms with van der Waals surface area (Å²) < 4.78 is 0. The Balaban J connectivity index is 1.73. The zero-order chi connectivity index (χ0) is 15.6. The number of hydrogen-bond donors (Lipinski definition) is 0. The van der Waals surface area contributed by atoms with Crippen molar-refractivity contribution in [1.82, 2.24) is 4.90 Å². The van der Waals surface area contributed by atoms with E-state index < -0.39 is 4.92 Å². The average Bonchev–Trinajstić information content (AvgIpc) is 3.14. The Morgan fingerprint density at radius 1 is 1.27 bits per heavy atom. The lowest BCUT2D eigenvalue weighted by Crippen LogP contribution is -2.40. The Labute approximate surface area is 126 Å². The van der Waals surface area contributed by atoms with E-state index >= 15 is 0 Å². The van der Waals surface area contributed by atoms with Crippen molar-refractivity contribution in [3.63, 3.8) is 0 Å². The molecule has 1 saturated carbocycles.